The van der Waals surface area contributed by atoms with E-state index < -0.39 is 0 Å². The van der Waals surface area contributed by atoms with E-state index in [1.165, 1.54) is 17.8 Å². The average molecular weight is 441 g/mol. The van der Waals surface area contributed by atoms with Crippen LogP contribution in [-0.4, -0.2) is 16.2 Å². The maximum Gasteiger partial charge on any atom is 0.271 e. The Balaban J connectivity index is 1.80. The lowest BCUT2D eigenvalue weighted by Gasteiger charge is -2.15. The van der Waals surface area contributed by atoms with Crippen molar-refractivity contribution in [2.45, 2.75) is 0 Å². The smallest absolute Gasteiger partial charge is 0.271 e. The first-order valence-electron chi connectivity index (χ1n) is 8.64. The van der Waals surface area contributed by atoms with Crippen molar-refractivity contribution >= 4 is 63.5 Å². The number of amides is 1. The van der Waals surface area contributed by atoms with Gasteiger partial charge in [-0.15, -0.1) is 0 Å². The summed E-state index contributed by atoms with van der Waals surface area (Å²) in [7, 11) is 0. The van der Waals surface area contributed by atoms with E-state index in [2.05, 4.69) is 4.99 Å². The Morgan fingerprint density at radius 2 is 1.62 bits per heavy atom. The molecule has 0 spiro atoms. The molecule has 0 atom stereocenters. The zero-order valence-corrected chi connectivity index (χ0v) is 17.2. The van der Waals surface area contributed by atoms with Crippen LogP contribution in [0.25, 0.3) is 6.08 Å². The number of halogens is 2. The largest absolute Gasteiger partial charge is 0.506 e. The molecule has 0 bridgehead atoms. The molecule has 0 aliphatic carbocycles. The number of rotatable bonds is 3. The quantitative estimate of drug-likeness (QED) is 0.472. The van der Waals surface area contributed by atoms with Crippen molar-refractivity contribution in [1.82, 2.24) is 0 Å². The number of benzene rings is 3. The van der Waals surface area contributed by atoms with Gasteiger partial charge >= 0.3 is 0 Å². The molecule has 0 saturated carbocycles. The van der Waals surface area contributed by atoms with Crippen LogP contribution in [0.4, 0.5) is 11.4 Å². The van der Waals surface area contributed by atoms with E-state index in [1.54, 1.807) is 17.0 Å². The standard InChI is InChI=1S/C22H14Cl2N2O2S/c23-15-11-14(20(27)18(24)13-15)12-19-21(28)26(17-9-5-2-6-10-17)22(29-19)25-16-7-3-1-4-8-16/h1-13,27H/b19-12+,25-22?. The minimum Gasteiger partial charge on any atom is -0.506 e. The fourth-order valence-electron chi connectivity index (χ4n) is 2.80. The lowest BCUT2D eigenvalue weighted by atomic mass is 10.2. The molecule has 1 fully saturated rings. The van der Waals surface area contributed by atoms with Gasteiger partial charge in [0, 0.05) is 10.6 Å². The second-order valence-electron chi connectivity index (χ2n) is 6.14. The third kappa shape index (κ3) is 4.17. The predicted molar refractivity (Wildman–Crippen MR) is 121 cm³/mol. The molecular formula is C22H14Cl2N2O2S. The van der Waals surface area contributed by atoms with Crippen LogP contribution in [0.1, 0.15) is 5.56 Å². The van der Waals surface area contributed by atoms with Gasteiger partial charge in [-0.2, -0.15) is 0 Å². The molecule has 1 saturated heterocycles. The Bertz CT molecular complexity index is 1130. The normalized spacial score (nSPS) is 16.8. The molecule has 1 N–H and O–H groups in total. The third-order valence-electron chi connectivity index (χ3n) is 4.15. The van der Waals surface area contributed by atoms with Gasteiger partial charge in [-0.05, 0) is 54.2 Å². The number of thioether (sulfide) groups is 1. The molecule has 3 aromatic rings. The summed E-state index contributed by atoms with van der Waals surface area (Å²) in [6, 6.07) is 21.7. The van der Waals surface area contributed by atoms with Crippen molar-refractivity contribution in [2.24, 2.45) is 4.99 Å². The van der Waals surface area contributed by atoms with Crippen LogP contribution in [-0.2, 0) is 4.79 Å². The van der Waals surface area contributed by atoms with Gasteiger partial charge in [0.15, 0.2) is 5.17 Å². The lowest BCUT2D eigenvalue weighted by molar-refractivity contribution is -0.113. The number of carbonyl (C=O) groups excluding carboxylic acids is 1. The first-order valence-corrected chi connectivity index (χ1v) is 10.2. The average Bonchev–Trinajstić information content (AvgIpc) is 3.02. The summed E-state index contributed by atoms with van der Waals surface area (Å²) >= 11 is 13.3. The highest BCUT2D eigenvalue weighted by Gasteiger charge is 2.35. The summed E-state index contributed by atoms with van der Waals surface area (Å²) in [4.78, 5) is 19.8. The van der Waals surface area contributed by atoms with Crippen LogP contribution >= 0.6 is 35.0 Å². The van der Waals surface area contributed by atoms with Gasteiger partial charge < -0.3 is 5.11 Å². The molecule has 1 heterocycles. The van der Waals surface area contributed by atoms with E-state index in [4.69, 9.17) is 23.2 Å². The van der Waals surface area contributed by atoms with E-state index in [1.807, 2.05) is 60.7 Å². The monoisotopic (exact) mass is 440 g/mol. The Morgan fingerprint density at radius 3 is 2.31 bits per heavy atom. The molecule has 0 radical (unpaired) electrons. The minimum atomic E-state index is -0.244. The topological polar surface area (TPSA) is 52.9 Å². The zero-order chi connectivity index (χ0) is 20.4. The van der Waals surface area contributed by atoms with Gasteiger partial charge in [0.25, 0.3) is 5.91 Å². The van der Waals surface area contributed by atoms with Crippen molar-refractivity contribution < 1.29 is 9.90 Å². The van der Waals surface area contributed by atoms with Gasteiger partial charge in [0.2, 0.25) is 0 Å². The maximum absolute atomic E-state index is 13.2. The number of hydrogen-bond acceptors (Lipinski definition) is 4. The van der Waals surface area contributed by atoms with Crippen LogP contribution in [0.5, 0.6) is 5.75 Å². The van der Waals surface area contributed by atoms with E-state index in [0.717, 1.165) is 5.69 Å². The molecule has 144 valence electrons. The zero-order valence-electron chi connectivity index (χ0n) is 14.9. The van der Waals surface area contributed by atoms with Gasteiger partial charge in [-0.1, -0.05) is 59.6 Å². The third-order valence-corrected chi connectivity index (χ3v) is 5.62. The first kappa shape index (κ1) is 19.6. The molecule has 4 nitrogen and oxygen atoms in total. The van der Waals surface area contributed by atoms with Gasteiger partial charge in [0.05, 0.1) is 21.3 Å². The Morgan fingerprint density at radius 1 is 0.966 bits per heavy atom. The Hall–Kier alpha value is -2.73. The Kier molecular flexibility index (Phi) is 5.62. The summed E-state index contributed by atoms with van der Waals surface area (Å²) in [5, 5.41) is 11.3. The van der Waals surface area contributed by atoms with E-state index in [-0.39, 0.29) is 16.7 Å². The molecule has 1 aliphatic heterocycles. The number of hydrogen-bond donors (Lipinski definition) is 1. The number of carbonyl (C=O) groups is 1. The van der Waals surface area contributed by atoms with Gasteiger partial charge in [-0.3, -0.25) is 9.69 Å². The molecule has 29 heavy (non-hydrogen) atoms. The lowest BCUT2D eigenvalue weighted by Crippen LogP contribution is -2.28. The van der Waals surface area contributed by atoms with Crippen molar-refractivity contribution in [2.75, 3.05) is 4.90 Å². The molecule has 0 aromatic heterocycles. The summed E-state index contributed by atoms with van der Waals surface area (Å²) in [5.41, 5.74) is 1.81. The van der Waals surface area contributed by atoms with E-state index in [9.17, 15) is 9.90 Å². The second-order valence-corrected chi connectivity index (χ2v) is 7.99. The molecule has 0 unspecified atom stereocenters. The number of aromatic hydroxyl groups is 1. The minimum absolute atomic E-state index is 0.123. The molecule has 1 aliphatic rings. The van der Waals surface area contributed by atoms with Crippen molar-refractivity contribution in [3.8, 4) is 5.75 Å². The van der Waals surface area contributed by atoms with E-state index in [0.29, 0.717) is 26.3 Å². The van der Waals surface area contributed by atoms with Crippen molar-refractivity contribution in [3.63, 3.8) is 0 Å². The van der Waals surface area contributed by atoms with Crippen molar-refractivity contribution in [3.05, 3.63) is 93.3 Å². The van der Waals surface area contributed by atoms with Crippen LogP contribution in [0.15, 0.2) is 82.7 Å². The van der Waals surface area contributed by atoms with Crippen LogP contribution in [0.3, 0.4) is 0 Å². The summed E-state index contributed by atoms with van der Waals surface area (Å²) in [6.07, 6.45) is 1.57. The molecule has 7 heteroatoms. The fraction of sp³-hybridized carbons (Fsp3) is 0. The summed E-state index contributed by atoms with van der Waals surface area (Å²) in [5.74, 6) is -0.372. The fourth-order valence-corrected chi connectivity index (χ4v) is 4.30. The van der Waals surface area contributed by atoms with Crippen LogP contribution in [0, 0.1) is 0 Å². The Labute approximate surface area is 182 Å². The highest BCUT2D eigenvalue weighted by atomic mass is 35.5. The number of anilines is 1. The molecule has 3 aromatic carbocycles. The maximum atomic E-state index is 13.2. The number of phenolic OH excluding ortho intramolecular Hbond substituents is 1. The number of aliphatic imine (C=N–C) groups is 1. The molecule has 1 amide bonds. The number of para-hydroxylation sites is 2. The highest BCUT2D eigenvalue weighted by molar-refractivity contribution is 8.19. The highest BCUT2D eigenvalue weighted by Crippen LogP contribution is 2.39. The predicted octanol–water partition coefficient (Wildman–Crippen LogP) is 6.51. The number of nitrogens with zero attached hydrogens (tertiary/aromatic N) is 2. The molecular weight excluding hydrogens is 427 g/mol. The van der Waals surface area contributed by atoms with Crippen molar-refractivity contribution in [1.29, 1.82) is 0 Å². The second kappa shape index (κ2) is 8.33. The van der Waals surface area contributed by atoms with Gasteiger partial charge in [-0.25, -0.2) is 4.99 Å². The van der Waals surface area contributed by atoms with E-state index >= 15 is 0 Å². The SMILES string of the molecule is O=C1/C(=C\c2cc(Cl)cc(Cl)c2O)SC(=Nc2ccccc2)N1c1ccccc1. The number of amidine groups is 1. The van der Waals surface area contributed by atoms with Crippen LogP contribution in [0.2, 0.25) is 10.0 Å². The first-order chi connectivity index (χ1) is 14.0. The number of phenols is 1. The summed E-state index contributed by atoms with van der Waals surface area (Å²) < 4.78 is 0. The van der Waals surface area contributed by atoms with Gasteiger partial charge in [0.1, 0.15) is 5.75 Å². The van der Waals surface area contributed by atoms with Crippen LogP contribution < -0.4 is 4.90 Å². The summed E-state index contributed by atoms with van der Waals surface area (Å²) in [6.45, 7) is 0. The molecule has 4 rings (SSSR count).